The first-order valence-electron chi connectivity index (χ1n) is 18.3. The molecule has 0 aliphatic rings. The van der Waals surface area contributed by atoms with Crippen LogP contribution < -0.4 is 0 Å². The van der Waals surface area contributed by atoms with Crippen LogP contribution in [0.2, 0.25) is 0 Å². The zero-order valence-corrected chi connectivity index (χ0v) is 30.9. The minimum absolute atomic E-state index is 0.0205. The number of carboxylic acid groups (broad SMARTS) is 1. The van der Waals surface area contributed by atoms with Crippen molar-refractivity contribution in [2.45, 2.75) is 135 Å². The Hall–Kier alpha value is -2.97. The third kappa shape index (κ3) is 29.2. The molecule has 0 bridgehead atoms. The molecule has 0 aromatic rings. The zero-order chi connectivity index (χ0) is 35.7. The number of nitrogens with zero attached hydrogens (tertiary/aromatic N) is 1. The lowest BCUT2D eigenvalue weighted by molar-refractivity contribution is -0.887. The maximum absolute atomic E-state index is 12.6. The Balaban J connectivity index is 4.53. The standard InChI is InChI=1S/C40H67NO7/c1-6-8-10-12-14-15-16-17-18-19-20-21-22-23-25-27-29-31-39(43)48-36(34-46-33-32-37(40(44)45)41(3,4)5)35-47-38(42)30-28-26-24-13-11-9-7-2/h9,11,17-18,20-21,23-26,36-37H,6-8,10,12-16,19,22,27-35H2,1-5H3/p+1/b11-9+,18-17+,21-20+,25-23+,26-24+. The van der Waals surface area contributed by atoms with E-state index < -0.39 is 18.1 Å². The minimum atomic E-state index is -0.894. The number of hydrogen-bond donors (Lipinski definition) is 1. The fourth-order valence-corrected chi connectivity index (χ4v) is 4.81. The Labute approximate surface area is 292 Å². The van der Waals surface area contributed by atoms with Crippen LogP contribution in [0.15, 0.2) is 60.8 Å². The number of likely N-dealkylation sites (N-methyl/N-ethyl adjacent to an activating group) is 1. The second-order valence-electron chi connectivity index (χ2n) is 13.1. The highest BCUT2D eigenvalue weighted by Crippen LogP contribution is 2.11. The van der Waals surface area contributed by atoms with Gasteiger partial charge in [0.2, 0.25) is 0 Å². The molecule has 0 saturated carbocycles. The summed E-state index contributed by atoms with van der Waals surface area (Å²) in [5.41, 5.74) is 0. The molecule has 0 saturated heterocycles. The van der Waals surface area contributed by atoms with Crippen molar-refractivity contribution in [2.75, 3.05) is 41.0 Å². The van der Waals surface area contributed by atoms with E-state index in [-0.39, 0.29) is 49.1 Å². The number of allylic oxidation sites excluding steroid dienone is 10. The second-order valence-corrected chi connectivity index (χ2v) is 13.1. The highest BCUT2D eigenvalue weighted by Gasteiger charge is 2.31. The lowest BCUT2D eigenvalue weighted by Gasteiger charge is -2.31. The van der Waals surface area contributed by atoms with Crippen molar-refractivity contribution >= 4 is 17.9 Å². The number of rotatable bonds is 31. The SMILES string of the molecule is CC/C=C/C/C=C/CCC(=O)OCC(COCCC(C(=O)O)[N+](C)(C)C)OC(=O)CCC/C=C/C/C=C/C/C=C/CCCCCCCC. The zero-order valence-electron chi connectivity index (χ0n) is 30.9. The summed E-state index contributed by atoms with van der Waals surface area (Å²) in [6.45, 7) is 4.43. The normalized spacial score (nSPS) is 13.8. The van der Waals surface area contributed by atoms with E-state index in [4.69, 9.17) is 14.2 Å². The van der Waals surface area contributed by atoms with Gasteiger partial charge in [0.25, 0.3) is 0 Å². The van der Waals surface area contributed by atoms with Gasteiger partial charge in [-0.25, -0.2) is 4.79 Å². The number of carbonyl (C=O) groups excluding carboxylic acids is 2. The molecule has 0 amide bonds. The minimum Gasteiger partial charge on any atom is -0.477 e. The Kier molecular flexibility index (Phi) is 29.4. The van der Waals surface area contributed by atoms with Crippen molar-refractivity contribution in [1.29, 1.82) is 0 Å². The van der Waals surface area contributed by atoms with Gasteiger partial charge in [0.1, 0.15) is 6.61 Å². The molecule has 48 heavy (non-hydrogen) atoms. The van der Waals surface area contributed by atoms with Gasteiger partial charge < -0.3 is 23.8 Å². The van der Waals surface area contributed by atoms with Gasteiger partial charge in [-0.2, -0.15) is 0 Å². The molecule has 1 N–H and O–H groups in total. The van der Waals surface area contributed by atoms with E-state index in [0.29, 0.717) is 19.3 Å². The molecule has 0 aromatic heterocycles. The molecule has 0 spiro atoms. The summed E-state index contributed by atoms with van der Waals surface area (Å²) < 4.78 is 17.0. The van der Waals surface area contributed by atoms with Gasteiger partial charge in [0.05, 0.1) is 34.4 Å². The van der Waals surface area contributed by atoms with Crippen molar-refractivity contribution < 1.29 is 38.2 Å². The molecule has 8 heteroatoms. The average molecular weight is 675 g/mol. The summed E-state index contributed by atoms with van der Waals surface area (Å²) in [6.07, 6.45) is 36.0. The number of hydrogen-bond acceptors (Lipinski definition) is 6. The largest absolute Gasteiger partial charge is 0.477 e. The van der Waals surface area contributed by atoms with Gasteiger partial charge in [-0.3, -0.25) is 9.59 Å². The molecule has 0 aliphatic heterocycles. The van der Waals surface area contributed by atoms with E-state index in [1.165, 1.54) is 44.9 Å². The van der Waals surface area contributed by atoms with Gasteiger partial charge in [-0.15, -0.1) is 0 Å². The number of unbranched alkanes of at least 4 members (excludes halogenated alkanes) is 7. The summed E-state index contributed by atoms with van der Waals surface area (Å²) in [5.74, 6) is -1.64. The van der Waals surface area contributed by atoms with Crippen LogP contribution in [-0.2, 0) is 28.6 Å². The number of esters is 2. The summed E-state index contributed by atoms with van der Waals surface area (Å²) in [4.78, 5) is 36.5. The number of quaternary nitrogens is 1. The lowest BCUT2D eigenvalue weighted by Crippen LogP contribution is -2.50. The number of carbonyl (C=O) groups is 3. The van der Waals surface area contributed by atoms with Crippen molar-refractivity contribution in [3.63, 3.8) is 0 Å². The molecule has 0 radical (unpaired) electrons. The number of carboxylic acids is 1. The van der Waals surface area contributed by atoms with Gasteiger partial charge in [0, 0.05) is 19.3 Å². The monoisotopic (exact) mass is 674 g/mol. The molecule has 8 nitrogen and oxygen atoms in total. The van der Waals surface area contributed by atoms with Gasteiger partial charge in [-0.1, -0.05) is 107 Å². The van der Waals surface area contributed by atoms with Crippen LogP contribution in [0.1, 0.15) is 123 Å². The Bertz CT molecular complexity index is 975. The first kappa shape index (κ1) is 45.0. The van der Waals surface area contributed by atoms with E-state index in [9.17, 15) is 19.5 Å². The van der Waals surface area contributed by atoms with Gasteiger partial charge in [0.15, 0.2) is 12.1 Å². The van der Waals surface area contributed by atoms with Crippen LogP contribution in [0.4, 0.5) is 0 Å². The molecular formula is C40H68NO7+. The molecular weight excluding hydrogens is 606 g/mol. The molecule has 2 atom stereocenters. The van der Waals surface area contributed by atoms with Crippen LogP contribution in [0.5, 0.6) is 0 Å². The van der Waals surface area contributed by atoms with Crippen molar-refractivity contribution in [2.24, 2.45) is 0 Å². The van der Waals surface area contributed by atoms with Crippen molar-refractivity contribution in [1.82, 2.24) is 0 Å². The first-order chi connectivity index (χ1) is 23.1. The average Bonchev–Trinajstić information content (AvgIpc) is 3.03. The lowest BCUT2D eigenvalue weighted by atomic mass is 10.1. The van der Waals surface area contributed by atoms with E-state index in [0.717, 1.165) is 32.1 Å². The van der Waals surface area contributed by atoms with Crippen molar-refractivity contribution in [3.8, 4) is 0 Å². The summed E-state index contributed by atoms with van der Waals surface area (Å²) in [5, 5.41) is 9.55. The van der Waals surface area contributed by atoms with Crippen molar-refractivity contribution in [3.05, 3.63) is 60.8 Å². The molecule has 0 rings (SSSR count). The highest BCUT2D eigenvalue weighted by atomic mass is 16.6. The first-order valence-corrected chi connectivity index (χ1v) is 18.3. The molecule has 0 heterocycles. The smallest absolute Gasteiger partial charge is 0.362 e. The number of aliphatic carboxylic acids is 1. The van der Waals surface area contributed by atoms with E-state index in [1.54, 1.807) is 0 Å². The summed E-state index contributed by atoms with van der Waals surface area (Å²) >= 11 is 0. The maximum atomic E-state index is 12.6. The predicted molar refractivity (Wildman–Crippen MR) is 197 cm³/mol. The molecule has 0 aliphatic carbocycles. The molecule has 2 unspecified atom stereocenters. The van der Waals surface area contributed by atoms with E-state index in [2.05, 4.69) is 62.5 Å². The summed E-state index contributed by atoms with van der Waals surface area (Å²) in [6, 6.07) is -0.630. The number of ether oxygens (including phenoxy) is 3. The third-order valence-corrected chi connectivity index (χ3v) is 7.66. The highest BCUT2D eigenvalue weighted by molar-refractivity contribution is 5.72. The van der Waals surface area contributed by atoms with E-state index in [1.807, 2.05) is 33.3 Å². The van der Waals surface area contributed by atoms with Crippen LogP contribution >= 0.6 is 0 Å². The topological polar surface area (TPSA) is 99.1 Å². The van der Waals surface area contributed by atoms with Crippen LogP contribution in [0.3, 0.4) is 0 Å². The van der Waals surface area contributed by atoms with Crippen LogP contribution in [-0.4, -0.2) is 80.6 Å². The van der Waals surface area contributed by atoms with Gasteiger partial charge in [-0.05, 0) is 57.8 Å². The van der Waals surface area contributed by atoms with E-state index >= 15 is 0 Å². The third-order valence-electron chi connectivity index (χ3n) is 7.66. The quantitative estimate of drug-likeness (QED) is 0.0339. The molecule has 0 aromatic carbocycles. The fraction of sp³-hybridized carbons (Fsp3) is 0.675. The molecule has 274 valence electrons. The maximum Gasteiger partial charge on any atom is 0.362 e. The fourth-order valence-electron chi connectivity index (χ4n) is 4.81. The van der Waals surface area contributed by atoms with Crippen LogP contribution in [0.25, 0.3) is 0 Å². The Morgan fingerprint density at radius 3 is 1.81 bits per heavy atom. The Morgan fingerprint density at radius 2 is 1.21 bits per heavy atom. The molecule has 0 fully saturated rings. The van der Waals surface area contributed by atoms with Gasteiger partial charge >= 0.3 is 17.9 Å². The Morgan fingerprint density at radius 1 is 0.646 bits per heavy atom. The summed E-state index contributed by atoms with van der Waals surface area (Å²) in [7, 11) is 5.47. The van der Waals surface area contributed by atoms with Crippen LogP contribution in [0, 0.1) is 0 Å². The second kappa shape index (κ2) is 31.3. The predicted octanol–water partition coefficient (Wildman–Crippen LogP) is 9.07.